The van der Waals surface area contributed by atoms with E-state index in [9.17, 15) is 14.4 Å². The van der Waals surface area contributed by atoms with Crippen LogP contribution < -0.4 is 15.5 Å². The lowest BCUT2D eigenvalue weighted by Crippen LogP contribution is -2.47. The monoisotopic (exact) mass is 485 g/mol. The number of carbonyl (C=O) groups excluding carboxylic acids is 3. The number of hydrogen-bond donors (Lipinski definition) is 2. The second kappa shape index (κ2) is 11.2. The Bertz CT molecular complexity index is 1310. The summed E-state index contributed by atoms with van der Waals surface area (Å²) >= 11 is 0. The predicted octanol–water partition coefficient (Wildman–Crippen LogP) is 4.31. The summed E-state index contributed by atoms with van der Waals surface area (Å²) in [7, 11) is 0. The van der Waals surface area contributed by atoms with E-state index in [0.717, 1.165) is 11.1 Å². The number of rotatable bonds is 9. The lowest BCUT2D eigenvalue weighted by molar-refractivity contribution is -0.126. The third-order valence-electron chi connectivity index (χ3n) is 5.89. The highest BCUT2D eigenvalue weighted by Crippen LogP contribution is 2.32. The van der Waals surface area contributed by atoms with Crippen LogP contribution in [-0.2, 0) is 16.1 Å². The second-order valence-corrected chi connectivity index (χ2v) is 8.25. The average Bonchev–Trinajstić information content (AvgIpc) is 3.61. The Balaban J connectivity index is 1.70. The van der Waals surface area contributed by atoms with Crippen molar-refractivity contribution in [2.75, 3.05) is 11.4 Å². The van der Waals surface area contributed by atoms with E-state index in [-0.39, 0.29) is 24.8 Å². The van der Waals surface area contributed by atoms with Gasteiger partial charge >= 0.3 is 0 Å². The minimum absolute atomic E-state index is 0.0943. The SMILES string of the molecule is Cc1cccc(N(C(=O)CNC(=O)c2ccco2)[C@@H](C(=O)NCc2ccco2)c2ccccc2)c1C. The van der Waals surface area contributed by atoms with E-state index < -0.39 is 17.9 Å². The first kappa shape index (κ1) is 24.5. The maximum Gasteiger partial charge on any atom is 0.287 e. The zero-order chi connectivity index (χ0) is 25.5. The van der Waals surface area contributed by atoms with Gasteiger partial charge < -0.3 is 19.5 Å². The summed E-state index contributed by atoms with van der Waals surface area (Å²) in [5.41, 5.74) is 3.02. The Kier molecular flexibility index (Phi) is 7.65. The van der Waals surface area contributed by atoms with Crippen LogP contribution in [-0.4, -0.2) is 24.3 Å². The molecular formula is C28H27N3O5. The molecule has 8 nitrogen and oxygen atoms in total. The smallest absolute Gasteiger partial charge is 0.287 e. The van der Waals surface area contributed by atoms with Gasteiger partial charge in [-0.1, -0.05) is 42.5 Å². The molecule has 4 aromatic rings. The number of furan rings is 2. The van der Waals surface area contributed by atoms with Crippen molar-refractivity contribution in [1.29, 1.82) is 0 Å². The van der Waals surface area contributed by atoms with Crippen LogP contribution in [0.15, 0.2) is 94.2 Å². The normalized spacial score (nSPS) is 11.5. The molecule has 0 aliphatic carbocycles. The van der Waals surface area contributed by atoms with Crippen LogP contribution in [0.25, 0.3) is 0 Å². The fourth-order valence-corrected chi connectivity index (χ4v) is 3.89. The molecule has 0 saturated heterocycles. The summed E-state index contributed by atoms with van der Waals surface area (Å²) in [4.78, 5) is 41.2. The van der Waals surface area contributed by atoms with Crippen molar-refractivity contribution in [3.8, 4) is 0 Å². The topological polar surface area (TPSA) is 105 Å². The molecular weight excluding hydrogens is 458 g/mol. The Morgan fingerprint density at radius 3 is 2.28 bits per heavy atom. The minimum atomic E-state index is -0.991. The van der Waals surface area contributed by atoms with E-state index in [0.29, 0.717) is 17.0 Å². The summed E-state index contributed by atoms with van der Waals surface area (Å²) < 4.78 is 10.5. The molecule has 2 aromatic carbocycles. The molecule has 0 radical (unpaired) electrons. The van der Waals surface area contributed by atoms with Crippen molar-refractivity contribution in [3.05, 3.63) is 114 Å². The molecule has 184 valence electrons. The highest BCUT2D eigenvalue weighted by Gasteiger charge is 2.34. The Morgan fingerprint density at radius 1 is 0.833 bits per heavy atom. The van der Waals surface area contributed by atoms with E-state index >= 15 is 0 Å². The molecule has 2 heterocycles. The third kappa shape index (κ3) is 5.55. The van der Waals surface area contributed by atoms with E-state index in [1.165, 1.54) is 23.5 Å². The highest BCUT2D eigenvalue weighted by atomic mass is 16.3. The van der Waals surface area contributed by atoms with Gasteiger partial charge in [0.15, 0.2) is 5.76 Å². The van der Waals surface area contributed by atoms with Crippen molar-refractivity contribution in [2.24, 2.45) is 0 Å². The number of carbonyl (C=O) groups is 3. The Hall–Kier alpha value is -4.59. The fourth-order valence-electron chi connectivity index (χ4n) is 3.89. The van der Waals surface area contributed by atoms with Gasteiger partial charge in [-0.15, -0.1) is 0 Å². The number of nitrogens with zero attached hydrogens (tertiary/aromatic N) is 1. The first-order valence-electron chi connectivity index (χ1n) is 11.5. The van der Waals surface area contributed by atoms with Crippen LogP contribution >= 0.6 is 0 Å². The fraction of sp³-hybridized carbons (Fsp3) is 0.179. The van der Waals surface area contributed by atoms with Crippen LogP contribution in [0.1, 0.15) is 39.0 Å². The van der Waals surface area contributed by atoms with E-state index in [1.54, 1.807) is 36.4 Å². The molecule has 0 fully saturated rings. The molecule has 3 amide bonds. The van der Waals surface area contributed by atoms with Crippen molar-refractivity contribution in [2.45, 2.75) is 26.4 Å². The van der Waals surface area contributed by atoms with Crippen molar-refractivity contribution < 1.29 is 23.2 Å². The summed E-state index contributed by atoms with van der Waals surface area (Å²) in [6.07, 6.45) is 2.91. The number of benzene rings is 2. The molecule has 0 bridgehead atoms. The number of hydrogen-bond acceptors (Lipinski definition) is 5. The lowest BCUT2D eigenvalue weighted by atomic mass is 10.00. The van der Waals surface area contributed by atoms with Crippen LogP contribution in [0.3, 0.4) is 0 Å². The van der Waals surface area contributed by atoms with Crippen molar-refractivity contribution >= 4 is 23.4 Å². The van der Waals surface area contributed by atoms with E-state index in [4.69, 9.17) is 8.83 Å². The molecule has 36 heavy (non-hydrogen) atoms. The largest absolute Gasteiger partial charge is 0.467 e. The molecule has 2 N–H and O–H groups in total. The van der Waals surface area contributed by atoms with Gasteiger partial charge in [0.25, 0.3) is 5.91 Å². The predicted molar refractivity (Wildman–Crippen MR) is 134 cm³/mol. The van der Waals surface area contributed by atoms with Gasteiger partial charge in [0.05, 0.1) is 25.6 Å². The van der Waals surface area contributed by atoms with Gasteiger partial charge in [-0.2, -0.15) is 0 Å². The van der Waals surface area contributed by atoms with Crippen molar-refractivity contribution in [1.82, 2.24) is 10.6 Å². The second-order valence-electron chi connectivity index (χ2n) is 8.25. The molecule has 2 aromatic heterocycles. The number of aryl methyl sites for hydroxylation is 1. The van der Waals surface area contributed by atoms with Crippen LogP contribution in [0.5, 0.6) is 0 Å². The van der Waals surface area contributed by atoms with Gasteiger partial charge in [-0.3, -0.25) is 19.3 Å². The van der Waals surface area contributed by atoms with Crippen LogP contribution in [0.4, 0.5) is 5.69 Å². The van der Waals surface area contributed by atoms with Crippen molar-refractivity contribution in [3.63, 3.8) is 0 Å². The Morgan fingerprint density at radius 2 is 1.58 bits per heavy atom. The zero-order valence-electron chi connectivity index (χ0n) is 20.1. The highest BCUT2D eigenvalue weighted by molar-refractivity contribution is 6.04. The Labute approximate surface area is 208 Å². The van der Waals surface area contributed by atoms with Gasteiger partial charge in [-0.05, 0) is 60.9 Å². The quantitative estimate of drug-likeness (QED) is 0.368. The molecule has 1 atom stereocenters. The first-order chi connectivity index (χ1) is 17.5. The lowest BCUT2D eigenvalue weighted by Gasteiger charge is -2.33. The maximum atomic E-state index is 13.7. The number of anilines is 1. The number of nitrogens with one attached hydrogen (secondary N) is 2. The van der Waals surface area contributed by atoms with Gasteiger partial charge in [0, 0.05) is 5.69 Å². The summed E-state index contributed by atoms with van der Waals surface area (Å²) in [6.45, 7) is 3.67. The number of amides is 3. The third-order valence-corrected chi connectivity index (χ3v) is 5.89. The average molecular weight is 486 g/mol. The first-order valence-corrected chi connectivity index (χ1v) is 11.5. The molecule has 0 unspecified atom stereocenters. The van der Waals surface area contributed by atoms with E-state index in [1.807, 2.05) is 44.2 Å². The van der Waals surface area contributed by atoms with Gasteiger partial charge in [0.2, 0.25) is 11.8 Å². The molecule has 0 saturated carbocycles. The zero-order valence-corrected chi connectivity index (χ0v) is 20.1. The molecule has 0 spiro atoms. The van der Waals surface area contributed by atoms with Crippen LogP contribution in [0, 0.1) is 13.8 Å². The standard InChI is InChI=1S/C28H27N3O5/c1-19-9-6-13-23(20(19)2)31(25(32)18-30-27(33)24-14-8-16-36-24)26(21-10-4-3-5-11-21)28(34)29-17-22-12-7-15-35-22/h3-16,26H,17-18H2,1-2H3,(H,29,34)(H,30,33)/t26-/m1/s1. The minimum Gasteiger partial charge on any atom is -0.467 e. The molecule has 0 aliphatic heterocycles. The molecule has 0 aliphatic rings. The van der Waals surface area contributed by atoms with Gasteiger partial charge in [-0.25, -0.2) is 0 Å². The summed E-state index contributed by atoms with van der Waals surface area (Å²) in [6, 6.07) is 20.2. The summed E-state index contributed by atoms with van der Waals surface area (Å²) in [5.74, 6) is -0.676. The van der Waals surface area contributed by atoms with E-state index in [2.05, 4.69) is 10.6 Å². The maximum absolute atomic E-state index is 13.7. The molecule has 8 heteroatoms. The van der Waals surface area contributed by atoms with Crippen LogP contribution in [0.2, 0.25) is 0 Å². The van der Waals surface area contributed by atoms with Gasteiger partial charge in [0.1, 0.15) is 11.8 Å². The summed E-state index contributed by atoms with van der Waals surface area (Å²) in [5, 5.41) is 5.48. The molecule has 4 rings (SSSR count).